The van der Waals surface area contributed by atoms with Gasteiger partial charge in [0.05, 0.1) is 0 Å². The Labute approximate surface area is 99.1 Å². The fourth-order valence-electron chi connectivity index (χ4n) is 1.64. The summed E-state index contributed by atoms with van der Waals surface area (Å²) in [4.78, 5) is 15.2. The highest BCUT2D eigenvalue weighted by Crippen LogP contribution is 2.24. The molecule has 0 spiro atoms. The van der Waals surface area contributed by atoms with Gasteiger partial charge in [-0.25, -0.2) is 4.39 Å². The number of pyridine rings is 1. The Morgan fingerprint density at radius 1 is 1.24 bits per heavy atom. The molecule has 0 fully saturated rings. The van der Waals surface area contributed by atoms with Gasteiger partial charge in [-0.15, -0.1) is 0 Å². The molecule has 1 heterocycles. The van der Waals surface area contributed by atoms with E-state index in [0.29, 0.717) is 16.7 Å². The van der Waals surface area contributed by atoms with Crippen LogP contribution in [0.2, 0.25) is 0 Å². The third kappa shape index (κ3) is 2.38. The van der Waals surface area contributed by atoms with Gasteiger partial charge in [0.1, 0.15) is 5.82 Å². The SMILES string of the molecule is CC(=O)c1cncc(-c2cc(C)ccc2F)c1. The minimum absolute atomic E-state index is 0.0765. The molecule has 0 bridgehead atoms. The van der Waals surface area contributed by atoms with Crippen LogP contribution in [-0.2, 0) is 0 Å². The summed E-state index contributed by atoms with van der Waals surface area (Å²) in [5.74, 6) is -0.384. The summed E-state index contributed by atoms with van der Waals surface area (Å²) in [7, 11) is 0. The number of nitrogens with zero attached hydrogens (tertiary/aromatic N) is 1. The van der Waals surface area contributed by atoms with Crippen LogP contribution in [0.5, 0.6) is 0 Å². The first-order valence-electron chi connectivity index (χ1n) is 5.30. The summed E-state index contributed by atoms with van der Waals surface area (Å²) in [5.41, 5.74) is 2.55. The van der Waals surface area contributed by atoms with Crippen LogP contribution in [0, 0.1) is 12.7 Å². The molecule has 2 aromatic rings. The second-order valence-electron chi connectivity index (χ2n) is 4.00. The largest absolute Gasteiger partial charge is 0.294 e. The van der Waals surface area contributed by atoms with Gasteiger partial charge in [0.2, 0.25) is 0 Å². The highest BCUT2D eigenvalue weighted by atomic mass is 19.1. The van der Waals surface area contributed by atoms with Gasteiger partial charge in [-0.3, -0.25) is 9.78 Å². The molecule has 0 unspecified atom stereocenters. The lowest BCUT2D eigenvalue weighted by Crippen LogP contribution is -1.95. The van der Waals surface area contributed by atoms with Gasteiger partial charge in [0.15, 0.2) is 5.78 Å². The predicted octanol–water partition coefficient (Wildman–Crippen LogP) is 3.40. The number of carbonyl (C=O) groups is 1. The number of ketones is 1. The van der Waals surface area contributed by atoms with Crippen LogP contribution < -0.4 is 0 Å². The van der Waals surface area contributed by atoms with E-state index in [0.717, 1.165) is 5.56 Å². The van der Waals surface area contributed by atoms with Crippen molar-refractivity contribution in [2.75, 3.05) is 0 Å². The maximum Gasteiger partial charge on any atom is 0.161 e. The van der Waals surface area contributed by atoms with Gasteiger partial charge in [-0.1, -0.05) is 11.6 Å². The van der Waals surface area contributed by atoms with Crippen molar-refractivity contribution in [1.82, 2.24) is 4.98 Å². The van der Waals surface area contributed by atoms with Crippen LogP contribution >= 0.6 is 0 Å². The third-order valence-corrected chi connectivity index (χ3v) is 2.58. The Balaban J connectivity index is 2.56. The second kappa shape index (κ2) is 4.45. The molecule has 0 saturated carbocycles. The fraction of sp³-hybridized carbons (Fsp3) is 0.143. The molecule has 0 N–H and O–H groups in total. The van der Waals surface area contributed by atoms with Crippen LogP contribution in [0.15, 0.2) is 36.7 Å². The average Bonchev–Trinajstić information content (AvgIpc) is 2.32. The number of aromatic nitrogens is 1. The van der Waals surface area contributed by atoms with Crippen molar-refractivity contribution in [3.63, 3.8) is 0 Å². The van der Waals surface area contributed by atoms with Crippen molar-refractivity contribution in [3.05, 3.63) is 53.6 Å². The highest BCUT2D eigenvalue weighted by molar-refractivity contribution is 5.94. The van der Waals surface area contributed by atoms with Crippen molar-refractivity contribution >= 4 is 5.78 Å². The van der Waals surface area contributed by atoms with Gasteiger partial charge in [-0.05, 0) is 32.0 Å². The molecule has 0 saturated heterocycles. The quantitative estimate of drug-likeness (QED) is 0.739. The molecule has 86 valence electrons. The molecular weight excluding hydrogens is 217 g/mol. The Bertz CT molecular complexity index is 578. The maximum absolute atomic E-state index is 13.7. The number of Topliss-reactive ketones (excluding diaryl/α,β-unsaturated/α-hetero) is 1. The lowest BCUT2D eigenvalue weighted by Gasteiger charge is -2.05. The average molecular weight is 229 g/mol. The lowest BCUT2D eigenvalue weighted by atomic mass is 10.0. The fourth-order valence-corrected chi connectivity index (χ4v) is 1.64. The molecule has 0 aliphatic rings. The van der Waals surface area contributed by atoms with Crippen molar-refractivity contribution in [2.24, 2.45) is 0 Å². The van der Waals surface area contributed by atoms with Gasteiger partial charge in [0, 0.05) is 29.1 Å². The lowest BCUT2D eigenvalue weighted by molar-refractivity contribution is 0.101. The second-order valence-corrected chi connectivity index (χ2v) is 4.00. The first-order valence-corrected chi connectivity index (χ1v) is 5.30. The molecule has 1 aromatic carbocycles. The monoisotopic (exact) mass is 229 g/mol. The standard InChI is InChI=1S/C14H12FNO/c1-9-3-4-14(15)13(5-9)12-6-11(10(2)17)7-16-8-12/h3-8H,1-2H3. The molecule has 0 radical (unpaired) electrons. The van der Waals surface area contributed by atoms with E-state index < -0.39 is 0 Å². The topological polar surface area (TPSA) is 30.0 Å². The van der Waals surface area contributed by atoms with Crippen molar-refractivity contribution < 1.29 is 9.18 Å². The number of halogens is 1. The van der Waals surface area contributed by atoms with E-state index >= 15 is 0 Å². The number of carbonyl (C=O) groups excluding carboxylic acids is 1. The van der Waals surface area contributed by atoms with Gasteiger partial charge < -0.3 is 0 Å². The summed E-state index contributed by atoms with van der Waals surface area (Å²) in [6.45, 7) is 3.36. The first kappa shape index (κ1) is 11.5. The van der Waals surface area contributed by atoms with E-state index in [9.17, 15) is 9.18 Å². The van der Waals surface area contributed by atoms with Crippen molar-refractivity contribution in [2.45, 2.75) is 13.8 Å². The van der Waals surface area contributed by atoms with Gasteiger partial charge >= 0.3 is 0 Å². The summed E-state index contributed by atoms with van der Waals surface area (Å²) in [6, 6.07) is 6.54. The van der Waals surface area contributed by atoms with Crippen LogP contribution in [0.3, 0.4) is 0 Å². The van der Waals surface area contributed by atoms with E-state index in [4.69, 9.17) is 0 Å². The molecule has 3 heteroatoms. The number of rotatable bonds is 2. The van der Waals surface area contributed by atoms with Crippen LogP contribution in [0.4, 0.5) is 4.39 Å². The Hall–Kier alpha value is -2.03. The zero-order valence-corrected chi connectivity index (χ0v) is 9.70. The summed E-state index contributed by atoms with van der Waals surface area (Å²) in [6.07, 6.45) is 3.05. The normalized spacial score (nSPS) is 10.3. The Kier molecular flexibility index (Phi) is 3.00. The minimum atomic E-state index is -0.307. The predicted molar refractivity (Wildman–Crippen MR) is 64.4 cm³/mol. The third-order valence-electron chi connectivity index (χ3n) is 2.58. The van der Waals surface area contributed by atoms with Crippen LogP contribution in [0.25, 0.3) is 11.1 Å². The molecular formula is C14H12FNO. The highest BCUT2D eigenvalue weighted by Gasteiger charge is 2.08. The van der Waals surface area contributed by atoms with E-state index in [1.54, 1.807) is 24.4 Å². The molecule has 0 amide bonds. The Morgan fingerprint density at radius 2 is 2.00 bits per heavy atom. The molecule has 0 atom stereocenters. The molecule has 17 heavy (non-hydrogen) atoms. The Morgan fingerprint density at radius 3 is 2.71 bits per heavy atom. The zero-order valence-electron chi connectivity index (χ0n) is 9.70. The number of hydrogen-bond donors (Lipinski definition) is 0. The van der Waals surface area contributed by atoms with E-state index in [1.165, 1.54) is 19.2 Å². The number of benzene rings is 1. The minimum Gasteiger partial charge on any atom is -0.294 e. The van der Waals surface area contributed by atoms with Gasteiger partial charge in [0.25, 0.3) is 0 Å². The maximum atomic E-state index is 13.7. The van der Waals surface area contributed by atoms with E-state index in [1.807, 2.05) is 6.92 Å². The first-order chi connectivity index (χ1) is 8.08. The van der Waals surface area contributed by atoms with Crippen LogP contribution in [-0.4, -0.2) is 10.8 Å². The summed E-state index contributed by atoms with van der Waals surface area (Å²) in [5, 5.41) is 0. The zero-order chi connectivity index (χ0) is 12.4. The molecule has 2 rings (SSSR count). The van der Waals surface area contributed by atoms with Crippen molar-refractivity contribution in [3.8, 4) is 11.1 Å². The number of aryl methyl sites for hydroxylation is 1. The van der Waals surface area contributed by atoms with Crippen molar-refractivity contribution in [1.29, 1.82) is 0 Å². The molecule has 1 aromatic heterocycles. The molecule has 0 aliphatic carbocycles. The molecule has 2 nitrogen and oxygen atoms in total. The molecule has 0 aliphatic heterocycles. The van der Waals surface area contributed by atoms with E-state index in [-0.39, 0.29) is 11.6 Å². The number of hydrogen-bond acceptors (Lipinski definition) is 2. The van der Waals surface area contributed by atoms with Gasteiger partial charge in [-0.2, -0.15) is 0 Å². The smallest absolute Gasteiger partial charge is 0.161 e. The van der Waals surface area contributed by atoms with E-state index in [2.05, 4.69) is 4.98 Å². The van der Waals surface area contributed by atoms with Crippen LogP contribution in [0.1, 0.15) is 22.8 Å². The summed E-state index contributed by atoms with van der Waals surface area (Å²) >= 11 is 0. The summed E-state index contributed by atoms with van der Waals surface area (Å²) < 4.78 is 13.7.